The highest BCUT2D eigenvalue weighted by molar-refractivity contribution is 6.59. The number of nitrogens with two attached hydrogens (primary N) is 1. The Bertz CT molecular complexity index is 1010. The van der Waals surface area contributed by atoms with Crippen molar-refractivity contribution in [2.75, 3.05) is 12.8 Å². The van der Waals surface area contributed by atoms with Gasteiger partial charge in [-0.05, 0) is 36.8 Å². The SMILES string of the molecule is COc1cc(C#N)c(B(O)O)cc1-c1ccc2c(N)nnc(C)c2c1. The molecule has 7 nitrogen and oxygen atoms in total. The minimum atomic E-state index is -1.76. The fourth-order valence-electron chi connectivity index (χ4n) is 2.77. The van der Waals surface area contributed by atoms with E-state index in [1.165, 1.54) is 19.2 Å². The zero-order valence-electron chi connectivity index (χ0n) is 13.7. The van der Waals surface area contributed by atoms with Crippen LogP contribution in [-0.4, -0.2) is 34.5 Å². The molecule has 3 rings (SSSR count). The van der Waals surface area contributed by atoms with E-state index in [9.17, 15) is 15.3 Å². The molecule has 0 aliphatic heterocycles. The number of methoxy groups -OCH3 is 1. The maximum Gasteiger partial charge on any atom is 0.489 e. The van der Waals surface area contributed by atoms with Crippen LogP contribution in [0.25, 0.3) is 21.9 Å². The largest absolute Gasteiger partial charge is 0.496 e. The minimum Gasteiger partial charge on any atom is -0.496 e. The number of benzene rings is 2. The number of anilines is 1. The van der Waals surface area contributed by atoms with Gasteiger partial charge in [0.15, 0.2) is 5.82 Å². The van der Waals surface area contributed by atoms with Crippen LogP contribution in [0.15, 0.2) is 30.3 Å². The molecule has 0 bridgehead atoms. The van der Waals surface area contributed by atoms with E-state index in [-0.39, 0.29) is 11.0 Å². The maximum atomic E-state index is 9.55. The Morgan fingerprint density at radius 2 is 1.92 bits per heavy atom. The van der Waals surface area contributed by atoms with Gasteiger partial charge >= 0.3 is 7.12 Å². The molecular weight excluding hydrogens is 319 g/mol. The predicted molar refractivity (Wildman–Crippen MR) is 95.2 cm³/mol. The Balaban J connectivity index is 2.29. The first-order chi connectivity index (χ1) is 12.0. The van der Waals surface area contributed by atoms with Gasteiger partial charge in [0.05, 0.1) is 24.4 Å². The van der Waals surface area contributed by atoms with Crippen molar-refractivity contribution in [2.45, 2.75) is 6.92 Å². The summed E-state index contributed by atoms with van der Waals surface area (Å²) in [5.74, 6) is 0.790. The van der Waals surface area contributed by atoms with Gasteiger partial charge in [0.25, 0.3) is 0 Å². The Hall–Kier alpha value is -3.15. The molecule has 1 heterocycles. The second-order valence-electron chi connectivity index (χ2n) is 5.56. The van der Waals surface area contributed by atoms with Gasteiger partial charge in [-0.2, -0.15) is 10.4 Å². The number of rotatable bonds is 3. The summed E-state index contributed by atoms with van der Waals surface area (Å²) in [4.78, 5) is 0. The molecule has 0 radical (unpaired) electrons. The average molecular weight is 334 g/mol. The van der Waals surface area contributed by atoms with Gasteiger partial charge < -0.3 is 20.5 Å². The zero-order chi connectivity index (χ0) is 18.1. The van der Waals surface area contributed by atoms with Gasteiger partial charge in [-0.3, -0.25) is 0 Å². The number of ether oxygens (including phenoxy) is 1. The number of aromatic nitrogens is 2. The number of nitriles is 1. The smallest absolute Gasteiger partial charge is 0.489 e. The van der Waals surface area contributed by atoms with Crippen LogP contribution >= 0.6 is 0 Å². The van der Waals surface area contributed by atoms with Crippen molar-refractivity contribution in [3.8, 4) is 22.9 Å². The summed E-state index contributed by atoms with van der Waals surface area (Å²) in [6.07, 6.45) is 0. The summed E-state index contributed by atoms with van der Waals surface area (Å²) in [7, 11) is -0.270. The molecule has 0 saturated heterocycles. The van der Waals surface area contributed by atoms with Crippen LogP contribution < -0.4 is 15.9 Å². The molecule has 0 aliphatic carbocycles. The lowest BCUT2D eigenvalue weighted by Gasteiger charge is -2.14. The lowest BCUT2D eigenvalue weighted by Crippen LogP contribution is -2.32. The summed E-state index contributed by atoms with van der Waals surface area (Å²) in [6, 6.07) is 10.5. The molecule has 4 N–H and O–H groups in total. The minimum absolute atomic E-state index is 0.113. The second kappa shape index (κ2) is 6.40. The Morgan fingerprint density at radius 1 is 1.16 bits per heavy atom. The molecule has 124 valence electrons. The first kappa shape index (κ1) is 16.7. The van der Waals surface area contributed by atoms with Crippen molar-refractivity contribution in [1.29, 1.82) is 5.26 Å². The van der Waals surface area contributed by atoms with Crippen molar-refractivity contribution in [1.82, 2.24) is 10.2 Å². The van der Waals surface area contributed by atoms with Crippen molar-refractivity contribution < 1.29 is 14.8 Å². The number of nitrogen functional groups attached to an aromatic ring is 1. The molecule has 25 heavy (non-hydrogen) atoms. The molecule has 8 heteroatoms. The van der Waals surface area contributed by atoms with Gasteiger partial charge in [0.1, 0.15) is 5.75 Å². The third-order valence-electron chi connectivity index (χ3n) is 4.07. The summed E-state index contributed by atoms with van der Waals surface area (Å²) in [6.45, 7) is 1.83. The fourth-order valence-corrected chi connectivity index (χ4v) is 2.77. The van der Waals surface area contributed by atoms with Crippen LogP contribution in [0.4, 0.5) is 5.82 Å². The Labute approximate surface area is 144 Å². The van der Waals surface area contributed by atoms with Crippen LogP contribution in [0.5, 0.6) is 5.75 Å². The predicted octanol–water partition coefficient (Wildman–Crippen LogP) is 0.747. The summed E-state index contributed by atoms with van der Waals surface area (Å²) in [5.41, 5.74) is 8.25. The first-order valence-electron chi connectivity index (χ1n) is 7.47. The molecule has 0 amide bonds. The third kappa shape index (κ3) is 2.87. The van der Waals surface area contributed by atoms with Crippen LogP contribution in [0, 0.1) is 18.3 Å². The highest BCUT2D eigenvalue weighted by Crippen LogP contribution is 2.33. The molecule has 3 aromatic rings. The summed E-state index contributed by atoms with van der Waals surface area (Å²) >= 11 is 0. The van der Waals surface area contributed by atoms with E-state index in [4.69, 9.17) is 10.5 Å². The molecule has 2 aromatic carbocycles. The van der Waals surface area contributed by atoms with Gasteiger partial charge in [-0.25, -0.2) is 0 Å². The zero-order valence-corrected chi connectivity index (χ0v) is 13.7. The monoisotopic (exact) mass is 334 g/mol. The molecule has 0 saturated carbocycles. The lowest BCUT2D eigenvalue weighted by molar-refractivity contribution is 0.415. The molecule has 0 atom stereocenters. The van der Waals surface area contributed by atoms with Gasteiger partial charge in [-0.1, -0.05) is 6.07 Å². The normalized spacial score (nSPS) is 10.5. The van der Waals surface area contributed by atoms with E-state index in [2.05, 4.69) is 10.2 Å². The average Bonchev–Trinajstić information content (AvgIpc) is 2.63. The van der Waals surface area contributed by atoms with Gasteiger partial charge in [0, 0.05) is 21.8 Å². The van der Waals surface area contributed by atoms with Crippen molar-refractivity contribution >= 4 is 29.2 Å². The number of fused-ring (bicyclic) bond motifs is 1. The number of hydrogen-bond donors (Lipinski definition) is 3. The van der Waals surface area contributed by atoms with Crippen LogP contribution in [0.2, 0.25) is 0 Å². The number of hydrogen-bond acceptors (Lipinski definition) is 7. The topological polar surface area (TPSA) is 125 Å². The second-order valence-corrected chi connectivity index (χ2v) is 5.56. The number of aryl methyl sites for hydroxylation is 1. The van der Waals surface area contributed by atoms with Crippen LogP contribution in [0.3, 0.4) is 0 Å². The van der Waals surface area contributed by atoms with Crippen molar-refractivity contribution in [2.24, 2.45) is 0 Å². The number of nitrogens with zero attached hydrogens (tertiary/aromatic N) is 3. The Kier molecular flexibility index (Phi) is 4.27. The molecule has 1 aromatic heterocycles. The summed E-state index contributed by atoms with van der Waals surface area (Å²) in [5, 5.41) is 37.9. The highest BCUT2D eigenvalue weighted by atomic mass is 16.5. The van der Waals surface area contributed by atoms with E-state index >= 15 is 0 Å². The first-order valence-corrected chi connectivity index (χ1v) is 7.47. The van der Waals surface area contributed by atoms with Crippen molar-refractivity contribution in [3.05, 3.63) is 41.6 Å². The quantitative estimate of drug-likeness (QED) is 0.603. The molecule has 0 spiro atoms. The standard InChI is InChI=1S/C17H15BN4O3/c1-9-13-5-10(3-4-12(13)17(20)22-21-9)14-7-15(18(23)24)11(8-19)6-16(14)25-2/h3-7,23-24H,1-2H3,(H2,20,22). The van der Waals surface area contributed by atoms with E-state index in [0.717, 1.165) is 22.0 Å². The van der Waals surface area contributed by atoms with E-state index in [1.54, 1.807) is 0 Å². The molecule has 0 unspecified atom stereocenters. The van der Waals surface area contributed by atoms with E-state index in [1.807, 2.05) is 31.2 Å². The molecule has 0 aliphatic rings. The highest BCUT2D eigenvalue weighted by Gasteiger charge is 2.20. The molecule has 0 fully saturated rings. The van der Waals surface area contributed by atoms with Crippen LogP contribution in [-0.2, 0) is 0 Å². The fraction of sp³-hybridized carbons (Fsp3) is 0.118. The van der Waals surface area contributed by atoms with Gasteiger partial charge in [-0.15, -0.1) is 5.10 Å². The third-order valence-corrected chi connectivity index (χ3v) is 4.07. The summed E-state index contributed by atoms with van der Waals surface area (Å²) < 4.78 is 5.38. The van der Waals surface area contributed by atoms with Crippen molar-refractivity contribution in [3.63, 3.8) is 0 Å². The van der Waals surface area contributed by atoms with Crippen LogP contribution in [0.1, 0.15) is 11.3 Å². The maximum absolute atomic E-state index is 9.55. The lowest BCUT2D eigenvalue weighted by atomic mass is 9.75. The van der Waals surface area contributed by atoms with Gasteiger partial charge in [0.2, 0.25) is 0 Å². The Morgan fingerprint density at radius 3 is 2.56 bits per heavy atom. The van der Waals surface area contributed by atoms with E-state index in [0.29, 0.717) is 17.1 Å². The molecular formula is C17H15BN4O3. The van der Waals surface area contributed by atoms with E-state index < -0.39 is 7.12 Å².